The number of Topliss-reactive ketones (excluding diaryl/α,β-unsaturated/α-hetero) is 1. The van der Waals surface area contributed by atoms with Gasteiger partial charge in [-0.25, -0.2) is 0 Å². The minimum Gasteiger partial charge on any atom is -0.299 e. The van der Waals surface area contributed by atoms with Crippen molar-refractivity contribution < 1.29 is 4.79 Å². The normalized spacial score (nSPS) is 12.5. The molecule has 0 saturated heterocycles. The highest BCUT2D eigenvalue weighted by atomic mass is 32.1. The summed E-state index contributed by atoms with van der Waals surface area (Å²) in [5.41, 5.74) is 0. The molecule has 0 aliphatic carbocycles. The molecule has 0 saturated carbocycles. The molecule has 0 rings (SSSR count). The smallest absolute Gasteiger partial charge is 0.137 e. The molecule has 0 spiro atoms. The molecule has 0 bridgehead atoms. The van der Waals surface area contributed by atoms with Gasteiger partial charge in [0.2, 0.25) is 0 Å². The number of hydrogen-bond acceptors (Lipinski definition) is 2. The van der Waals surface area contributed by atoms with E-state index in [0.29, 0.717) is 0 Å². The zero-order chi connectivity index (χ0) is 11.0. The molecule has 0 aromatic heterocycles. The molecule has 14 heavy (non-hydrogen) atoms. The summed E-state index contributed by atoms with van der Waals surface area (Å²) < 4.78 is 0. The van der Waals surface area contributed by atoms with Crippen LogP contribution >= 0.6 is 12.2 Å². The Morgan fingerprint density at radius 2 is 1.79 bits per heavy atom. The van der Waals surface area contributed by atoms with E-state index in [-0.39, 0.29) is 11.7 Å². The van der Waals surface area contributed by atoms with Crippen LogP contribution in [0.1, 0.15) is 59.3 Å². The molecule has 1 nitrogen and oxygen atoms in total. The minimum absolute atomic E-state index is 0.0174. The topological polar surface area (TPSA) is 17.1 Å². The highest BCUT2D eigenvalue weighted by Gasteiger charge is 2.12. The summed E-state index contributed by atoms with van der Waals surface area (Å²) in [5, 5.41) is 0. The summed E-state index contributed by atoms with van der Waals surface area (Å²) in [5.74, 6) is 0.180. The van der Waals surface area contributed by atoms with E-state index in [9.17, 15) is 4.79 Å². The molecule has 0 aromatic rings. The van der Waals surface area contributed by atoms with Crippen molar-refractivity contribution >= 4 is 22.9 Å². The van der Waals surface area contributed by atoms with E-state index in [0.717, 1.165) is 17.7 Å². The van der Waals surface area contributed by atoms with Gasteiger partial charge in [0.1, 0.15) is 5.78 Å². The van der Waals surface area contributed by atoms with Crippen molar-refractivity contribution in [2.75, 3.05) is 0 Å². The molecular formula is C12H22OS. The van der Waals surface area contributed by atoms with E-state index in [4.69, 9.17) is 12.2 Å². The van der Waals surface area contributed by atoms with Crippen molar-refractivity contribution in [3.05, 3.63) is 0 Å². The molecule has 0 radical (unpaired) electrons. The zero-order valence-electron chi connectivity index (χ0n) is 9.64. The number of rotatable bonds is 8. The van der Waals surface area contributed by atoms with Gasteiger partial charge < -0.3 is 0 Å². The van der Waals surface area contributed by atoms with Crippen LogP contribution in [-0.2, 0) is 4.79 Å². The Balaban J connectivity index is 3.49. The van der Waals surface area contributed by atoms with Crippen molar-refractivity contribution in [2.24, 2.45) is 5.92 Å². The lowest BCUT2D eigenvalue weighted by Crippen LogP contribution is -2.16. The summed E-state index contributed by atoms with van der Waals surface area (Å²) in [6.07, 6.45) is 7.23. The van der Waals surface area contributed by atoms with Gasteiger partial charge >= 0.3 is 0 Å². The van der Waals surface area contributed by atoms with E-state index < -0.39 is 0 Å². The number of hydrogen-bond donors (Lipinski definition) is 0. The summed E-state index contributed by atoms with van der Waals surface area (Å²) in [7, 11) is 0. The van der Waals surface area contributed by atoms with E-state index >= 15 is 0 Å². The lowest BCUT2D eigenvalue weighted by atomic mass is 9.98. The second-order valence-electron chi connectivity index (χ2n) is 3.96. The van der Waals surface area contributed by atoms with Gasteiger partial charge in [-0.05, 0) is 19.8 Å². The van der Waals surface area contributed by atoms with Crippen LogP contribution in [0.4, 0.5) is 0 Å². The first-order valence-corrected chi connectivity index (χ1v) is 6.03. The predicted molar refractivity (Wildman–Crippen MR) is 65.8 cm³/mol. The fourth-order valence-electron chi connectivity index (χ4n) is 1.35. The van der Waals surface area contributed by atoms with Gasteiger partial charge in [0.15, 0.2) is 0 Å². The van der Waals surface area contributed by atoms with Crippen molar-refractivity contribution in [3.8, 4) is 0 Å². The maximum atomic E-state index is 11.0. The second-order valence-corrected chi connectivity index (χ2v) is 4.49. The van der Waals surface area contributed by atoms with Crippen LogP contribution in [-0.4, -0.2) is 10.6 Å². The lowest BCUT2D eigenvalue weighted by Gasteiger charge is -2.08. The Morgan fingerprint density at radius 3 is 2.29 bits per heavy atom. The van der Waals surface area contributed by atoms with Crippen molar-refractivity contribution in [1.82, 2.24) is 0 Å². The maximum absolute atomic E-state index is 11.0. The third-order valence-corrected chi connectivity index (χ3v) is 3.18. The average Bonchev–Trinajstić information content (AvgIpc) is 2.16. The molecule has 0 aliphatic rings. The van der Waals surface area contributed by atoms with Gasteiger partial charge in [0, 0.05) is 10.8 Å². The monoisotopic (exact) mass is 214 g/mol. The molecule has 2 heteroatoms. The van der Waals surface area contributed by atoms with E-state index in [1.54, 1.807) is 6.92 Å². The van der Waals surface area contributed by atoms with Crippen molar-refractivity contribution in [1.29, 1.82) is 0 Å². The number of unbranched alkanes of at least 4 members (excludes halogenated alkanes) is 4. The fourth-order valence-corrected chi connectivity index (χ4v) is 1.66. The molecule has 0 fully saturated rings. The Bertz CT molecular complexity index is 187. The van der Waals surface area contributed by atoms with Crippen LogP contribution in [0, 0.1) is 5.92 Å². The van der Waals surface area contributed by atoms with E-state index in [1.165, 1.54) is 25.7 Å². The van der Waals surface area contributed by atoms with Crippen molar-refractivity contribution in [2.45, 2.75) is 59.3 Å². The molecule has 1 atom stereocenters. The quantitative estimate of drug-likeness (QED) is 0.449. The van der Waals surface area contributed by atoms with Gasteiger partial charge in [-0.3, -0.25) is 4.79 Å². The molecule has 0 heterocycles. The Kier molecular flexibility index (Phi) is 7.96. The molecule has 0 amide bonds. The SMILES string of the molecule is CCCCCCCC(=S)C(C)C(C)=O. The number of ketones is 1. The maximum Gasteiger partial charge on any atom is 0.137 e. The zero-order valence-corrected chi connectivity index (χ0v) is 10.5. The van der Waals surface area contributed by atoms with Crippen molar-refractivity contribution in [3.63, 3.8) is 0 Å². The van der Waals surface area contributed by atoms with Gasteiger partial charge in [-0.1, -0.05) is 51.7 Å². The average molecular weight is 214 g/mol. The van der Waals surface area contributed by atoms with Crippen LogP contribution in [0.15, 0.2) is 0 Å². The molecule has 0 aliphatic heterocycles. The van der Waals surface area contributed by atoms with Crippen LogP contribution in [0.2, 0.25) is 0 Å². The standard InChI is InChI=1S/C12H22OS/c1-4-5-6-7-8-9-12(14)10(2)11(3)13/h10H,4-9H2,1-3H3. The molecule has 82 valence electrons. The predicted octanol–water partition coefficient (Wildman–Crippen LogP) is 3.94. The third-order valence-electron chi connectivity index (χ3n) is 2.62. The van der Waals surface area contributed by atoms with Gasteiger partial charge in [-0.15, -0.1) is 0 Å². The minimum atomic E-state index is -0.0174. The Hall–Kier alpha value is -0.240. The van der Waals surface area contributed by atoms with Gasteiger partial charge in [-0.2, -0.15) is 0 Å². The lowest BCUT2D eigenvalue weighted by molar-refractivity contribution is -0.118. The largest absolute Gasteiger partial charge is 0.299 e. The number of thiocarbonyl (C=S) groups is 1. The van der Waals surface area contributed by atoms with Gasteiger partial charge in [0.05, 0.1) is 0 Å². The third kappa shape index (κ3) is 6.25. The van der Waals surface area contributed by atoms with Crippen LogP contribution in [0.5, 0.6) is 0 Å². The molecule has 0 aromatic carbocycles. The second kappa shape index (κ2) is 8.10. The molecule has 1 unspecified atom stereocenters. The highest BCUT2D eigenvalue weighted by molar-refractivity contribution is 7.80. The fraction of sp³-hybridized carbons (Fsp3) is 0.833. The van der Waals surface area contributed by atoms with E-state index in [1.807, 2.05) is 6.92 Å². The molecular weight excluding hydrogens is 192 g/mol. The van der Waals surface area contributed by atoms with E-state index in [2.05, 4.69) is 6.92 Å². The van der Waals surface area contributed by atoms with Crippen LogP contribution in [0.25, 0.3) is 0 Å². The first kappa shape index (κ1) is 13.8. The summed E-state index contributed by atoms with van der Waals surface area (Å²) in [6, 6.07) is 0. The van der Waals surface area contributed by atoms with Crippen LogP contribution < -0.4 is 0 Å². The summed E-state index contributed by atoms with van der Waals surface area (Å²) in [6.45, 7) is 5.74. The first-order valence-electron chi connectivity index (χ1n) is 5.62. The van der Waals surface area contributed by atoms with Gasteiger partial charge in [0.25, 0.3) is 0 Å². The highest BCUT2D eigenvalue weighted by Crippen LogP contribution is 2.11. The Labute approximate surface area is 93.3 Å². The first-order chi connectivity index (χ1) is 6.59. The van der Waals surface area contributed by atoms with Crippen LogP contribution in [0.3, 0.4) is 0 Å². The number of carbonyl (C=O) groups excluding carboxylic acids is 1. The Morgan fingerprint density at radius 1 is 1.21 bits per heavy atom. The number of carbonyl (C=O) groups is 1. The summed E-state index contributed by atoms with van der Waals surface area (Å²) in [4.78, 5) is 12.0. The summed E-state index contributed by atoms with van der Waals surface area (Å²) >= 11 is 5.21. The molecule has 0 N–H and O–H groups in total.